The molecule has 0 bridgehead atoms. The van der Waals surface area contributed by atoms with Crippen molar-refractivity contribution in [3.8, 4) is 11.5 Å². The van der Waals surface area contributed by atoms with Crippen LogP contribution in [0.1, 0.15) is 63.4 Å². The van der Waals surface area contributed by atoms with Gasteiger partial charge in [0.25, 0.3) is 5.56 Å². The second-order valence-electron chi connectivity index (χ2n) is 9.56. The van der Waals surface area contributed by atoms with E-state index in [2.05, 4.69) is 11.9 Å². The van der Waals surface area contributed by atoms with Crippen LogP contribution in [-0.4, -0.2) is 30.9 Å². The second-order valence-corrected chi connectivity index (χ2v) is 11.5. The maximum atomic E-state index is 13.7. The van der Waals surface area contributed by atoms with Crippen molar-refractivity contribution in [2.24, 2.45) is 10.9 Å². The fourth-order valence-electron chi connectivity index (χ4n) is 4.20. The summed E-state index contributed by atoms with van der Waals surface area (Å²) in [5, 5.41) is 1.94. The number of carbonyl (C=O) groups is 1. The van der Waals surface area contributed by atoms with E-state index in [1.165, 1.54) is 22.7 Å². The Morgan fingerprint density at radius 1 is 1.21 bits per heavy atom. The third kappa shape index (κ3) is 6.10. The fourth-order valence-corrected chi connectivity index (χ4v) is 6.07. The Labute approximate surface area is 230 Å². The monoisotopic (exact) mass is 554 g/mol. The second kappa shape index (κ2) is 12.6. The number of nitrogens with zero attached hydrogens (tertiary/aromatic N) is 2. The lowest BCUT2D eigenvalue weighted by atomic mass is 10.0. The summed E-state index contributed by atoms with van der Waals surface area (Å²) in [6, 6.07) is 8.92. The van der Waals surface area contributed by atoms with Crippen LogP contribution in [0.2, 0.25) is 0 Å². The number of methoxy groups -OCH3 is 1. The van der Waals surface area contributed by atoms with Crippen LogP contribution in [0, 0.1) is 5.92 Å². The number of thiophene rings is 1. The highest BCUT2D eigenvalue weighted by molar-refractivity contribution is 7.10. The summed E-state index contributed by atoms with van der Waals surface area (Å²) in [4.78, 5) is 33.0. The molecule has 0 spiro atoms. The molecule has 1 aliphatic heterocycles. The van der Waals surface area contributed by atoms with E-state index in [-0.39, 0.29) is 11.5 Å². The van der Waals surface area contributed by atoms with E-state index in [1.54, 1.807) is 18.6 Å². The first kappa shape index (κ1) is 27.9. The highest BCUT2D eigenvalue weighted by Gasteiger charge is 2.34. The highest BCUT2D eigenvalue weighted by Crippen LogP contribution is 2.33. The number of rotatable bonds is 11. The minimum atomic E-state index is -0.582. The highest BCUT2D eigenvalue weighted by atomic mass is 32.1. The number of ether oxygens (including phenoxy) is 3. The van der Waals surface area contributed by atoms with E-state index in [9.17, 15) is 9.59 Å². The van der Waals surface area contributed by atoms with Crippen LogP contribution >= 0.6 is 22.7 Å². The van der Waals surface area contributed by atoms with E-state index in [0.29, 0.717) is 45.3 Å². The molecule has 0 radical (unpaired) electrons. The largest absolute Gasteiger partial charge is 0.493 e. The third-order valence-electron chi connectivity index (χ3n) is 6.09. The number of hydrogen-bond donors (Lipinski definition) is 0. The number of aromatic nitrogens is 1. The molecule has 1 atom stereocenters. The topological polar surface area (TPSA) is 79.1 Å². The van der Waals surface area contributed by atoms with E-state index < -0.39 is 12.0 Å². The van der Waals surface area contributed by atoms with Crippen molar-refractivity contribution in [3.05, 3.63) is 77.1 Å². The standard InChI is InChI=1S/C29H34N2O5S2/c1-6-7-8-13-35-21-12-11-20(15-22(21)34-5)16-24-27(32)31-26(23-10-9-14-37-23)25(19(4)30-29(31)38-24)28(33)36-17-18(2)3/h9-12,14-16,18,26H,6-8,13,17H2,1-5H3/b24-16+/t26-/m1/s1. The van der Waals surface area contributed by atoms with Gasteiger partial charge in [0, 0.05) is 4.88 Å². The van der Waals surface area contributed by atoms with Gasteiger partial charge in [-0.2, -0.15) is 0 Å². The molecule has 1 aromatic carbocycles. The van der Waals surface area contributed by atoms with Gasteiger partial charge in [-0.1, -0.05) is 57.1 Å². The molecule has 0 aliphatic carbocycles. The summed E-state index contributed by atoms with van der Waals surface area (Å²) in [7, 11) is 1.61. The van der Waals surface area contributed by atoms with E-state index in [4.69, 9.17) is 14.2 Å². The normalized spacial score (nSPS) is 15.4. The smallest absolute Gasteiger partial charge is 0.338 e. The van der Waals surface area contributed by atoms with E-state index >= 15 is 0 Å². The maximum absolute atomic E-state index is 13.7. The van der Waals surface area contributed by atoms with Gasteiger partial charge in [0.05, 0.1) is 36.1 Å². The van der Waals surface area contributed by atoms with Crippen molar-refractivity contribution >= 4 is 34.7 Å². The van der Waals surface area contributed by atoms with Gasteiger partial charge in [0.2, 0.25) is 0 Å². The molecule has 0 saturated heterocycles. The van der Waals surface area contributed by atoms with Crippen molar-refractivity contribution in [2.45, 2.75) is 53.0 Å². The van der Waals surface area contributed by atoms with Gasteiger partial charge in [0.1, 0.15) is 6.04 Å². The van der Waals surface area contributed by atoms with Crippen molar-refractivity contribution in [1.82, 2.24) is 4.57 Å². The van der Waals surface area contributed by atoms with Gasteiger partial charge in [-0.05, 0) is 54.5 Å². The number of fused-ring (bicyclic) bond motifs is 1. The van der Waals surface area contributed by atoms with E-state index in [0.717, 1.165) is 29.7 Å². The zero-order valence-electron chi connectivity index (χ0n) is 22.5. The van der Waals surface area contributed by atoms with Gasteiger partial charge >= 0.3 is 5.97 Å². The number of unbranched alkanes of at least 4 members (excludes halogenated alkanes) is 2. The summed E-state index contributed by atoms with van der Waals surface area (Å²) in [5.74, 6) is 1.06. The zero-order chi connectivity index (χ0) is 27.2. The first-order valence-corrected chi connectivity index (χ1v) is 14.6. The summed E-state index contributed by atoms with van der Waals surface area (Å²) in [5.41, 5.74) is 1.58. The predicted molar refractivity (Wildman–Crippen MR) is 152 cm³/mol. The zero-order valence-corrected chi connectivity index (χ0v) is 24.1. The van der Waals surface area contributed by atoms with Crippen molar-refractivity contribution in [1.29, 1.82) is 0 Å². The van der Waals surface area contributed by atoms with Crippen LogP contribution in [-0.2, 0) is 9.53 Å². The first-order valence-electron chi connectivity index (χ1n) is 12.9. The summed E-state index contributed by atoms with van der Waals surface area (Å²) >= 11 is 2.80. The number of thiazole rings is 1. The number of benzene rings is 1. The average molecular weight is 555 g/mol. The molecule has 9 heteroatoms. The van der Waals surface area contributed by atoms with Crippen molar-refractivity contribution in [3.63, 3.8) is 0 Å². The van der Waals surface area contributed by atoms with Crippen LogP contribution in [0.5, 0.6) is 11.5 Å². The molecule has 0 fully saturated rings. The third-order valence-corrected chi connectivity index (χ3v) is 8.00. The lowest BCUT2D eigenvalue weighted by molar-refractivity contribution is -0.140. The summed E-state index contributed by atoms with van der Waals surface area (Å²) in [6.45, 7) is 8.86. The Bertz CT molecular complexity index is 1480. The van der Waals surface area contributed by atoms with Crippen molar-refractivity contribution in [2.75, 3.05) is 20.3 Å². The van der Waals surface area contributed by atoms with E-state index in [1.807, 2.05) is 55.6 Å². The van der Waals surface area contributed by atoms with Crippen LogP contribution in [0.4, 0.5) is 0 Å². The molecule has 3 aromatic rings. The molecule has 38 heavy (non-hydrogen) atoms. The molecule has 4 rings (SSSR count). The molecular weight excluding hydrogens is 520 g/mol. The minimum absolute atomic E-state index is 0.200. The fraction of sp³-hybridized carbons (Fsp3) is 0.414. The van der Waals surface area contributed by atoms with Crippen LogP contribution in [0.25, 0.3) is 6.08 Å². The minimum Gasteiger partial charge on any atom is -0.493 e. The predicted octanol–water partition coefficient (Wildman–Crippen LogP) is 5.07. The molecule has 0 N–H and O–H groups in total. The quantitative estimate of drug-likeness (QED) is 0.244. The van der Waals surface area contributed by atoms with Gasteiger partial charge in [-0.15, -0.1) is 11.3 Å². The summed E-state index contributed by atoms with van der Waals surface area (Å²) in [6.07, 6.45) is 5.06. The van der Waals surface area contributed by atoms with Gasteiger partial charge in [-0.25, -0.2) is 9.79 Å². The molecule has 0 saturated carbocycles. The lowest BCUT2D eigenvalue weighted by Crippen LogP contribution is -2.39. The SMILES string of the molecule is CCCCCOc1ccc(/C=c2/sc3n(c2=O)[C@H](c2cccs2)C(C(=O)OCC(C)C)=C(C)N=3)cc1OC. The molecule has 0 unspecified atom stereocenters. The molecule has 7 nitrogen and oxygen atoms in total. The first-order chi connectivity index (χ1) is 18.3. The molecule has 0 amide bonds. The van der Waals surface area contributed by atoms with Gasteiger partial charge < -0.3 is 14.2 Å². The Morgan fingerprint density at radius 3 is 2.71 bits per heavy atom. The lowest BCUT2D eigenvalue weighted by Gasteiger charge is -2.23. The average Bonchev–Trinajstić information content (AvgIpc) is 3.53. The molecular formula is C29H34N2O5S2. The summed E-state index contributed by atoms with van der Waals surface area (Å²) < 4.78 is 19.2. The number of carbonyl (C=O) groups excluding carboxylic acids is 1. The molecule has 1 aliphatic rings. The van der Waals surface area contributed by atoms with Crippen LogP contribution in [0.3, 0.4) is 0 Å². The molecule has 202 valence electrons. The molecule has 3 heterocycles. The number of esters is 1. The van der Waals surface area contributed by atoms with Crippen LogP contribution < -0.4 is 24.4 Å². The number of hydrogen-bond acceptors (Lipinski definition) is 8. The Morgan fingerprint density at radius 2 is 2.03 bits per heavy atom. The molecule has 2 aromatic heterocycles. The maximum Gasteiger partial charge on any atom is 0.338 e. The van der Waals surface area contributed by atoms with Crippen molar-refractivity contribution < 1.29 is 19.0 Å². The Kier molecular flexibility index (Phi) is 9.22. The van der Waals surface area contributed by atoms with Crippen LogP contribution in [0.15, 0.2) is 56.8 Å². The number of allylic oxidation sites excluding steroid dienone is 1. The van der Waals surface area contributed by atoms with Gasteiger partial charge in [-0.3, -0.25) is 9.36 Å². The Hall–Kier alpha value is -3.17. The van der Waals surface area contributed by atoms with Gasteiger partial charge in [0.15, 0.2) is 16.3 Å². The Balaban J connectivity index is 1.73.